The molecular formula is C26H35N7O2. The molecule has 0 radical (unpaired) electrons. The molecule has 1 aliphatic carbocycles. The number of aromatic amines is 1. The summed E-state index contributed by atoms with van der Waals surface area (Å²) in [5.41, 5.74) is 3.37. The van der Waals surface area contributed by atoms with E-state index < -0.39 is 0 Å². The van der Waals surface area contributed by atoms with Crippen molar-refractivity contribution in [3.8, 4) is 0 Å². The molecular weight excluding hydrogens is 442 g/mol. The molecule has 0 spiro atoms. The molecule has 5 rings (SSSR count). The van der Waals surface area contributed by atoms with Crippen LogP contribution in [0.15, 0.2) is 30.7 Å². The number of carbonyl (C=O) groups excluding carboxylic acids is 1. The standard InChI is InChI=1S/C26H35N7O2/c1-2-4-19-15-21-23(30-17-5-7-20(34)8-6-17)22(16-29-24(21)31-19)25(35)32-18-9-13-33(14-10-18)26-27-11-3-12-28-26/h3,11-12,15-18,20,34H,2,4-10,13-14H2,1H3,(H,32,35)(H2,29,30,31)/t17-,20-. The van der Waals surface area contributed by atoms with Gasteiger partial charge in [0.25, 0.3) is 5.91 Å². The third-order valence-electron chi connectivity index (χ3n) is 7.19. The number of hydrogen-bond donors (Lipinski definition) is 4. The fourth-order valence-electron chi connectivity index (χ4n) is 5.23. The monoisotopic (exact) mass is 477 g/mol. The summed E-state index contributed by atoms with van der Waals surface area (Å²) < 4.78 is 0. The Labute approximate surface area is 205 Å². The van der Waals surface area contributed by atoms with Gasteiger partial charge in [-0.2, -0.15) is 0 Å². The number of pyridine rings is 1. The normalized spacial score (nSPS) is 21.3. The largest absolute Gasteiger partial charge is 0.393 e. The van der Waals surface area contributed by atoms with E-state index in [1.165, 1.54) is 0 Å². The first kappa shape index (κ1) is 23.5. The second-order valence-electron chi connectivity index (χ2n) is 9.79. The van der Waals surface area contributed by atoms with E-state index in [4.69, 9.17) is 0 Å². The molecule has 1 aliphatic heterocycles. The molecule has 2 fully saturated rings. The summed E-state index contributed by atoms with van der Waals surface area (Å²) in [6, 6.07) is 4.27. The van der Waals surface area contributed by atoms with Crippen molar-refractivity contribution >= 4 is 28.6 Å². The second-order valence-corrected chi connectivity index (χ2v) is 9.79. The Hall–Kier alpha value is -3.20. The number of piperidine rings is 1. The zero-order valence-electron chi connectivity index (χ0n) is 20.3. The molecule has 3 aromatic rings. The number of H-pyrrole nitrogens is 1. The predicted octanol–water partition coefficient (Wildman–Crippen LogP) is 3.42. The molecule has 4 heterocycles. The van der Waals surface area contributed by atoms with Crippen molar-refractivity contribution in [2.24, 2.45) is 0 Å². The van der Waals surface area contributed by atoms with Crippen LogP contribution < -0.4 is 15.5 Å². The number of nitrogens with zero attached hydrogens (tertiary/aromatic N) is 4. The number of aromatic nitrogens is 4. The molecule has 0 aromatic carbocycles. The Balaban J connectivity index is 1.33. The fourth-order valence-corrected chi connectivity index (χ4v) is 5.23. The van der Waals surface area contributed by atoms with Gasteiger partial charge in [0.2, 0.25) is 5.95 Å². The minimum atomic E-state index is -0.219. The number of aryl methyl sites for hydroxylation is 1. The average molecular weight is 478 g/mol. The average Bonchev–Trinajstić information content (AvgIpc) is 3.30. The third kappa shape index (κ3) is 5.40. The number of anilines is 2. The van der Waals surface area contributed by atoms with Crippen molar-refractivity contribution in [2.75, 3.05) is 23.3 Å². The first-order valence-electron chi connectivity index (χ1n) is 12.9. The summed E-state index contributed by atoms with van der Waals surface area (Å²) in [6.07, 6.45) is 12.0. The number of aliphatic hydroxyl groups is 1. The fraction of sp³-hybridized carbons (Fsp3) is 0.538. The van der Waals surface area contributed by atoms with Crippen LogP contribution in [0, 0.1) is 0 Å². The highest BCUT2D eigenvalue weighted by Crippen LogP contribution is 2.31. The van der Waals surface area contributed by atoms with Gasteiger partial charge in [0.05, 0.1) is 17.4 Å². The number of fused-ring (bicyclic) bond motifs is 1. The Bertz CT molecular complexity index is 1130. The van der Waals surface area contributed by atoms with E-state index in [2.05, 4.69) is 48.5 Å². The predicted molar refractivity (Wildman–Crippen MR) is 137 cm³/mol. The van der Waals surface area contributed by atoms with E-state index in [9.17, 15) is 9.90 Å². The molecule has 1 saturated carbocycles. The summed E-state index contributed by atoms with van der Waals surface area (Å²) in [5, 5.41) is 17.8. The zero-order chi connectivity index (χ0) is 24.2. The first-order valence-corrected chi connectivity index (χ1v) is 12.9. The first-order chi connectivity index (χ1) is 17.1. The third-order valence-corrected chi connectivity index (χ3v) is 7.19. The van der Waals surface area contributed by atoms with Crippen LogP contribution >= 0.6 is 0 Å². The lowest BCUT2D eigenvalue weighted by Crippen LogP contribution is -2.45. The van der Waals surface area contributed by atoms with Gasteiger partial charge in [-0.15, -0.1) is 0 Å². The molecule has 0 atom stereocenters. The number of nitrogens with one attached hydrogen (secondary N) is 3. The number of carbonyl (C=O) groups is 1. The molecule has 1 saturated heterocycles. The van der Waals surface area contributed by atoms with Crippen LogP contribution in [0.4, 0.5) is 11.6 Å². The van der Waals surface area contributed by atoms with Crippen molar-refractivity contribution in [1.29, 1.82) is 0 Å². The lowest BCUT2D eigenvalue weighted by molar-refractivity contribution is 0.0931. The highest BCUT2D eigenvalue weighted by atomic mass is 16.3. The Morgan fingerprint density at radius 3 is 2.54 bits per heavy atom. The van der Waals surface area contributed by atoms with Gasteiger partial charge in [-0.05, 0) is 57.1 Å². The Morgan fingerprint density at radius 1 is 1.09 bits per heavy atom. The molecule has 0 unspecified atom stereocenters. The van der Waals surface area contributed by atoms with E-state index in [0.29, 0.717) is 5.56 Å². The maximum atomic E-state index is 13.5. The number of amides is 1. The smallest absolute Gasteiger partial charge is 0.255 e. The van der Waals surface area contributed by atoms with Crippen LogP contribution in [0.1, 0.15) is 67.9 Å². The number of hydrogen-bond acceptors (Lipinski definition) is 7. The summed E-state index contributed by atoms with van der Waals surface area (Å²) in [5.74, 6) is 0.650. The maximum Gasteiger partial charge on any atom is 0.255 e. The van der Waals surface area contributed by atoms with E-state index in [1.807, 2.05) is 6.07 Å². The van der Waals surface area contributed by atoms with Gasteiger partial charge >= 0.3 is 0 Å². The van der Waals surface area contributed by atoms with Gasteiger partial charge < -0.3 is 25.6 Å². The summed E-state index contributed by atoms with van der Waals surface area (Å²) in [6.45, 7) is 3.76. The molecule has 9 nitrogen and oxygen atoms in total. The van der Waals surface area contributed by atoms with Crippen molar-refractivity contribution in [2.45, 2.75) is 76.5 Å². The van der Waals surface area contributed by atoms with Gasteiger partial charge in [-0.1, -0.05) is 13.3 Å². The van der Waals surface area contributed by atoms with E-state index in [0.717, 1.165) is 92.8 Å². The molecule has 186 valence electrons. The van der Waals surface area contributed by atoms with E-state index in [-0.39, 0.29) is 24.1 Å². The molecule has 1 amide bonds. The number of rotatable bonds is 7. The molecule has 2 aliphatic rings. The van der Waals surface area contributed by atoms with E-state index >= 15 is 0 Å². The quantitative estimate of drug-likeness (QED) is 0.412. The topological polar surface area (TPSA) is 119 Å². The molecule has 35 heavy (non-hydrogen) atoms. The highest BCUT2D eigenvalue weighted by Gasteiger charge is 2.26. The molecule has 4 N–H and O–H groups in total. The summed E-state index contributed by atoms with van der Waals surface area (Å²) in [4.78, 5) is 32.3. The maximum absolute atomic E-state index is 13.5. The van der Waals surface area contributed by atoms with E-state index in [1.54, 1.807) is 18.6 Å². The van der Waals surface area contributed by atoms with Gasteiger partial charge in [0.15, 0.2) is 0 Å². The van der Waals surface area contributed by atoms with Crippen molar-refractivity contribution in [3.05, 3.63) is 42.0 Å². The lowest BCUT2D eigenvalue weighted by Gasteiger charge is -2.32. The highest BCUT2D eigenvalue weighted by molar-refractivity contribution is 6.07. The Morgan fingerprint density at radius 2 is 1.83 bits per heavy atom. The van der Waals surface area contributed by atoms with Gasteiger partial charge in [-0.25, -0.2) is 15.0 Å². The van der Waals surface area contributed by atoms with Crippen LogP contribution in [0.5, 0.6) is 0 Å². The van der Waals surface area contributed by atoms with Crippen molar-refractivity contribution in [1.82, 2.24) is 25.3 Å². The number of aliphatic hydroxyl groups excluding tert-OH is 1. The van der Waals surface area contributed by atoms with Crippen LogP contribution in [0.25, 0.3) is 11.0 Å². The zero-order valence-corrected chi connectivity index (χ0v) is 20.3. The van der Waals surface area contributed by atoms with Crippen LogP contribution in [0.2, 0.25) is 0 Å². The van der Waals surface area contributed by atoms with Crippen molar-refractivity contribution < 1.29 is 9.90 Å². The van der Waals surface area contributed by atoms with Gasteiger partial charge in [-0.3, -0.25) is 4.79 Å². The summed E-state index contributed by atoms with van der Waals surface area (Å²) in [7, 11) is 0. The lowest BCUT2D eigenvalue weighted by atomic mass is 9.92. The minimum absolute atomic E-state index is 0.0922. The second kappa shape index (κ2) is 10.6. The van der Waals surface area contributed by atoms with Crippen LogP contribution in [0.3, 0.4) is 0 Å². The molecule has 9 heteroatoms. The molecule has 0 bridgehead atoms. The Kier molecular flexibility index (Phi) is 7.13. The minimum Gasteiger partial charge on any atom is -0.393 e. The van der Waals surface area contributed by atoms with Crippen molar-refractivity contribution in [3.63, 3.8) is 0 Å². The molecule has 3 aromatic heterocycles. The van der Waals surface area contributed by atoms with Crippen LogP contribution in [-0.4, -0.2) is 62.2 Å². The van der Waals surface area contributed by atoms with Gasteiger partial charge in [0.1, 0.15) is 5.65 Å². The van der Waals surface area contributed by atoms with Crippen LogP contribution in [-0.2, 0) is 6.42 Å². The SMILES string of the molecule is CCCc1cc2c(N[C@H]3CC[C@H](O)CC3)c(C(=O)NC3CCN(c4ncccn4)CC3)cnc2[nH]1. The summed E-state index contributed by atoms with van der Waals surface area (Å²) >= 11 is 0. The van der Waals surface area contributed by atoms with Gasteiger partial charge in [0, 0.05) is 54.8 Å².